The summed E-state index contributed by atoms with van der Waals surface area (Å²) in [6.45, 7) is 0.383. The number of hydrogen-bond acceptors (Lipinski definition) is 4. The Morgan fingerprint density at radius 1 is 1.17 bits per heavy atom. The van der Waals surface area contributed by atoms with Crippen LogP contribution in [0.1, 0.15) is 18.4 Å². The Morgan fingerprint density at radius 2 is 1.74 bits per heavy atom. The molecule has 0 amide bonds. The minimum absolute atomic E-state index is 0.187. The summed E-state index contributed by atoms with van der Waals surface area (Å²) in [6.07, 6.45) is -4.41. The van der Waals surface area contributed by atoms with E-state index in [-0.39, 0.29) is 31.7 Å². The zero-order chi connectivity index (χ0) is 17.3. The largest absolute Gasteiger partial charge is 0.488 e. The van der Waals surface area contributed by atoms with Gasteiger partial charge in [0.25, 0.3) is 0 Å². The molecule has 1 N–H and O–H groups in total. The first-order valence-corrected chi connectivity index (χ1v) is 8.89. The van der Waals surface area contributed by atoms with Gasteiger partial charge in [0.05, 0.1) is 17.9 Å². The molecule has 23 heavy (non-hydrogen) atoms. The third-order valence-electron chi connectivity index (χ3n) is 3.70. The molecule has 1 aliphatic rings. The Balaban J connectivity index is 2.04. The molecule has 130 valence electrons. The van der Waals surface area contributed by atoms with E-state index < -0.39 is 34.0 Å². The second kappa shape index (κ2) is 6.66. The lowest BCUT2D eigenvalue weighted by atomic mass is 10.1. The van der Waals surface area contributed by atoms with Crippen LogP contribution in [0.25, 0.3) is 0 Å². The number of alkyl halides is 3. The standard InChI is InChI=1S/C14H18F3NO4S/c1-23(20,21)18-8-6-12(19)13(7-9-18)22-11-4-2-10(3-5-11)14(15,16)17/h2-5,12-13,19H,6-9H2,1H3. The number of hydrogen-bond donors (Lipinski definition) is 1. The van der Waals surface area contributed by atoms with E-state index in [0.29, 0.717) is 0 Å². The summed E-state index contributed by atoms with van der Waals surface area (Å²) in [7, 11) is -3.35. The first-order chi connectivity index (χ1) is 10.6. The number of sulfonamides is 1. The Morgan fingerprint density at radius 3 is 2.26 bits per heavy atom. The van der Waals surface area contributed by atoms with Crippen LogP contribution in [0.2, 0.25) is 0 Å². The molecule has 1 aromatic carbocycles. The number of rotatable bonds is 3. The van der Waals surface area contributed by atoms with Crippen molar-refractivity contribution < 1.29 is 31.4 Å². The van der Waals surface area contributed by atoms with Crippen molar-refractivity contribution in [1.29, 1.82) is 0 Å². The van der Waals surface area contributed by atoms with E-state index in [0.717, 1.165) is 18.4 Å². The number of benzene rings is 1. The Bertz CT molecular complexity index is 630. The molecule has 1 aromatic rings. The highest BCUT2D eigenvalue weighted by Gasteiger charge is 2.31. The van der Waals surface area contributed by atoms with Crippen LogP contribution < -0.4 is 4.74 Å². The van der Waals surface area contributed by atoms with Crippen LogP contribution >= 0.6 is 0 Å². The Hall–Kier alpha value is -1.32. The molecule has 5 nitrogen and oxygen atoms in total. The number of aliphatic hydroxyl groups is 1. The zero-order valence-corrected chi connectivity index (χ0v) is 13.3. The highest BCUT2D eigenvalue weighted by Crippen LogP contribution is 2.31. The van der Waals surface area contributed by atoms with Gasteiger partial charge in [-0.25, -0.2) is 12.7 Å². The van der Waals surface area contributed by atoms with Gasteiger partial charge in [-0.3, -0.25) is 0 Å². The molecule has 9 heteroatoms. The van der Waals surface area contributed by atoms with E-state index in [1.165, 1.54) is 16.4 Å². The minimum Gasteiger partial charge on any atom is -0.488 e. The molecular weight excluding hydrogens is 335 g/mol. The Labute approximate surface area is 132 Å². The van der Waals surface area contributed by atoms with E-state index in [1.807, 2.05) is 0 Å². The van der Waals surface area contributed by atoms with E-state index in [1.54, 1.807) is 0 Å². The lowest BCUT2D eigenvalue weighted by Gasteiger charge is -2.22. The molecule has 2 rings (SSSR count). The van der Waals surface area contributed by atoms with Crippen LogP contribution in [0.5, 0.6) is 5.75 Å². The van der Waals surface area contributed by atoms with Crippen molar-refractivity contribution in [2.45, 2.75) is 31.2 Å². The predicted molar refractivity (Wildman–Crippen MR) is 77.5 cm³/mol. The van der Waals surface area contributed by atoms with Crippen LogP contribution in [0.15, 0.2) is 24.3 Å². The summed E-state index contributed by atoms with van der Waals surface area (Å²) >= 11 is 0. The summed E-state index contributed by atoms with van der Waals surface area (Å²) in [6, 6.07) is 4.19. The number of halogens is 3. The zero-order valence-electron chi connectivity index (χ0n) is 12.5. The van der Waals surface area contributed by atoms with Crippen LogP contribution in [0, 0.1) is 0 Å². The maximum Gasteiger partial charge on any atom is 0.416 e. The third-order valence-corrected chi connectivity index (χ3v) is 5.01. The van der Waals surface area contributed by atoms with Crippen molar-refractivity contribution >= 4 is 10.0 Å². The Kier molecular flexibility index (Phi) is 5.22. The molecule has 0 bridgehead atoms. The second-order valence-corrected chi connectivity index (χ2v) is 7.47. The summed E-state index contributed by atoms with van der Waals surface area (Å²) in [5, 5.41) is 10.1. The van der Waals surface area contributed by atoms with Crippen molar-refractivity contribution in [1.82, 2.24) is 4.31 Å². The first-order valence-electron chi connectivity index (χ1n) is 7.04. The van der Waals surface area contributed by atoms with Crippen molar-refractivity contribution in [3.05, 3.63) is 29.8 Å². The second-order valence-electron chi connectivity index (χ2n) is 5.49. The molecule has 1 saturated heterocycles. The van der Waals surface area contributed by atoms with Gasteiger partial charge in [0.1, 0.15) is 11.9 Å². The fraction of sp³-hybridized carbons (Fsp3) is 0.571. The van der Waals surface area contributed by atoms with Gasteiger partial charge < -0.3 is 9.84 Å². The molecule has 2 unspecified atom stereocenters. The maximum atomic E-state index is 12.5. The van der Waals surface area contributed by atoms with Gasteiger partial charge >= 0.3 is 6.18 Å². The normalized spacial score (nSPS) is 24.2. The van der Waals surface area contributed by atoms with Crippen LogP contribution in [-0.2, 0) is 16.2 Å². The summed E-state index contributed by atoms with van der Waals surface area (Å²) in [5.41, 5.74) is -0.783. The molecule has 0 saturated carbocycles. The lowest BCUT2D eigenvalue weighted by molar-refractivity contribution is -0.137. The van der Waals surface area contributed by atoms with E-state index >= 15 is 0 Å². The van der Waals surface area contributed by atoms with Gasteiger partial charge in [0.15, 0.2) is 0 Å². The van der Waals surface area contributed by atoms with Gasteiger partial charge in [-0.05, 0) is 30.7 Å². The summed E-state index contributed by atoms with van der Waals surface area (Å²) in [4.78, 5) is 0. The third kappa shape index (κ3) is 4.82. The highest BCUT2D eigenvalue weighted by molar-refractivity contribution is 7.88. The monoisotopic (exact) mass is 353 g/mol. The topological polar surface area (TPSA) is 66.8 Å². The van der Waals surface area contributed by atoms with Crippen molar-refractivity contribution in [2.24, 2.45) is 0 Å². The highest BCUT2D eigenvalue weighted by atomic mass is 32.2. The molecule has 1 fully saturated rings. The number of aliphatic hydroxyl groups excluding tert-OH is 1. The average molecular weight is 353 g/mol. The van der Waals surface area contributed by atoms with Gasteiger partial charge in [-0.15, -0.1) is 0 Å². The molecular formula is C14H18F3NO4S. The van der Waals surface area contributed by atoms with Gasteiger partial charge in [-0.2, -0.15) is 13.2 Å². The quantitative estimate of drug-likeness (QED) is 0.901. The maximum absolute atomic E-state index is 12.5. The van der Waals surface area contributed by atoms with Gasteiger partial charge in [0, 0.05) is 19.5 Å². The van der Waals surface area contributed by atoms with E-state index in [4.69, 9.17) is 4.74 Å². The fourth-order valence-corrected chi connectivity index (χ4v) is 3.28. The minimum atomic E-state index is -4.42. The molecule has 2 atom stereocenters. The van der Waals surface area contributed by atoms with Crippen molar-refractivity contribution in [2.75, 3.05) is 19.3 Å². The summed E-state index contributed by atoms with van der Waals surface area (Å²) < 4.78 is 67.4. The van der Waals surface area contributed by atoms with E-state index in [9.17, 15) is 26.7 Å². The lowest BCUT2D eigenvalue weighted by Crippen LogP contribution is -2.32. The van der Waals surface area contributed by atoms with Gasteiger partial charge in [-0.1, -0.05) is 0 Å². The first kappa shape index (κ1) is 18.0. The van der Waals surface area contributed by atoms with Crippen molar-refractivity contribution in [3.63, 3.8) is 0 Å². The SMILES string of the molecule is CS(=O)(=O)N1CCC(O)C(Oc2ccc(C(F)(F)F)cc2)CC1. The molecule has 0 radical (unpaired) electrons. The van der Waals surface area contributed by atoms with Crippen molar-refractivity contribution in [3.8, 4) is 5.75 Å². The number of ether oxygens (including phenoxy) is 1. The molecule has 0 aliphatic carbocycles. The van der Waals surface area contributed by atoms with E-state index in [2.05, 4.69) is 0 Å². The van der Waals surface area contributed by atoms with Crippen LogP contribution in [-0.4, -0.2) is 49.4 Å². The van der Waals surface area contributed by atoms with Gasteiger partial charge in [0.2, 0.25) is 10.0 Å². The fourth-order valence-electron chi connectivity index (χ4n) is 2.40. The molecule has 1 aliphatic heterocycles. The molecule has 0 aromatic heterocycles. The number of nitrogens with zero attached hydrogens (tertiary/aromatic N) is 1. The summed E-state index contributed by atoms with van der Waals surface area (Å²) in [5.74, 6) is 0.204. The van der Waals surface area contributed by atoms with Crippen LogP contribution in [0.4, 0.5) is 13.2 Å². The predicted octanol–water partition coefficient (Wildman–Crippen LogP) is 1.87. The average Bonchev–Trinajstić information content (AvgIpc) is 2.61. The van der Waals surface area contributed by atoms with Crippen LogP contribution in [0.3, 0.4) is 0 Å². The molecule has 1 heterocycles. The molecule has 0 spiro atoms. The smallest absolute Gasteiger partial charge is 0.416 e.